The van der Waals surface area contributed by atoms with Crippen molar-refractivity contribution >= 4 is 21.6 Å². The summed E-state index contributed by atoms with van der Waals surface area (Å²) in [6.45, 7) is 1.13. The number of pyridine rings is 1. The second-order valence-electron chi connectivity index (χ2n) is 4.46. The van der Waals surface area contributed by atoms with Gasteiger partial charge >= 0.3 is 0 Å². The van der Waals surface area contributed by atoms with Crippen molar-refractivity contribution in [1.82, 2.24) is 20.3 Å². The third-order valence-electron chi connectivity index (χ3n) is 2.99. The van der Waals surface area contributed by atoms with Crippen molar-refractivity contribution in [2.24, 2.45) is 0 Å². The van der Waals surface area contributed by atoms with Crippen LogP contribution in [0.2, 0.25) is 0 Å². The number of H-pyrrole nitrogens is 1. The Morgan fingerprint density at radius 1 is 1.33 bits per heavy atom. The fourth-order valence-corrected chi connectivity index (χ4v) is 2.69. The molecule has 0 aromatic carbocycles. The lowest BCUT2D eigenvalue weighted by Crippen LogP contribution is -2.18. The van der Waals surface area contributed by atoms with Gasteiger partial charge in [-0.3, -0.25) is 4.79 Å². The first kappa shape index (κ1) is 13.7. The maximum Gasteiger partial charge on any atom is 0.268 e. The van der Waals surface area contributed by atoms with Crippen LogP contribution in [0.4, 0.5) is 0 Å². The number of thiophene rings is 1. The molecule has 0 aliphatic carbocycles. The van der Waals surface area contributed by atoms with Crippen LogP contribution < -0.4 is 15.6 Å². The van der Waals surface area contributed by atoms with Crippen molar-refractivity contribution in [3.8, 4) is 5.88 Å². The maximum atomic E-state index is 11.8. The summed E-state index contributed by atoms with van der Waals surface area (Å²) in [6.07, 6.45) is 1.75. The van der Waals surface area contributed by atoms with Gasteiger partial charge < -0.3 is 15.0 Å². The number of nitrogens with one attached hydrogen (secondary N) is 2. The van der Waals surface area contributed by atoms with Gasteiger partial charge in [0.25, 0.3) is 5.56 Å². The van der Waals surface area contributed by atoms with Crippen LogP contribution in [-0.2, 0) is 13.1 Å². The van der Waals surface area contributed by atoms with E-state index in [9.17, 15) is 4.79 Å². The zero-order valence-corrected chi connectivity index (χ0v) is 12.2. The first-order valence-corrected chi connectivity index (χ1v) is 7.30. The van der Waals surface area contributed by atoms with Gasteiger partial charge in [-0.2, -0.15) is 0 Å². The Morgan fingerprint density at radius 3 is 3.00 bits per heavy atom. The van der Waals surface area contributed by atoms with E-state index in [0.29, 0.717) is 29.5 Å². The lowest BCUT2D eigenvalue weighted by atomic mass is 10.3. The Morgan fingerprint density at radius 2 is 2.24 bits per heavy atom. The van der Waals surface area contributed by atoms with Crippen molar-refractivity contribution in [1.29, 1.82) is 0 Å². The molecule has 0 aliphatic heterocycles. The van der Waals surface area contributed by atoms with Crippen LogP contribution in [0.1, 0.15) is 11.4 Å². The molecule has 0 saturated heterocycles. The zero-order valence-electron chi connectivity index (χ0n) is 11.4. The summed E-state index contributed by atoms with van der Waals surface area (Å²) in [5, 5.41) is 5.10. The minimum Gasteiger partial charge on any atom is -0.481 e. The summed E-state index contributed by atoms with van der Waals surface area (Å²) >= 11 is 1.40. The number of rotatable bonds is 5. The molecule has 108 valence electrons. The molecule has 3 heterocycles. The number of aromatic nitrogens is 3. The monoisotopic (exact) mass is 302 g/mol. The van der Waals surface area contributed by atoms with E-state index in [4.69, 9.17) is 4.74 Å². The molecule has 3 aromatic rings. The summed E-state index contributed by atoms with van der Waals surface area (Å²) in [6, 6.07) is 5.61. The van der Waals surface area contributed by atoms with Crippen molar-refractivity contribution in [2.75, 3.05) is 7.11 Å². The summed E-state index contributed by atoms with van der Waals surface area (Å²) in [4.78, 5) is 23.2. The van der Waals surface area contributed by atoms with Gasteiger partial charge in [-0.25, -0.2) is 9.97 Å². The van der Waals surface area contributed by atoms with Crippen LogP contribution in [0.3, 0.4) is 0 Å². The number of nitrogens with zero attached hydrogens (tertiary/aromatic N) is 2. The predicted molar refractivity (Wildman–Crippen MR) is 81.6 cm³/mol. The lowest BCUT2D eigenvalue weighted by Gasteiger charge is -2.05. The van der Waals surface area contributed by atoms with Gasteiger partial charge in [0.2, 0.25) is 5.88 Å². The molecule has 3 rings (SSSR count). The molecule has 0 unspecified atom stereocenters. The second kappa shape index (κ2) is 6.02. The molecule has 2 N–H and O–H groups in total. The van der Waals surface area contributed by atoms with Crippen molar-refractivity contribution in [2.45, 2.75) is 13.1 Å². The highest BCUT2D eigenvalue weighted by molar-refractivity contribution is 7.17. The van der Waals surface area contributed by atoms with E-state index in [1.54, 1.807) is 13.3 Å². The normalized spacial score (nSPS) is 10.9. The molecule has 0 aliphatic rings. The fraction of sp³-hybridized carbons (Fsp3) is 0.214. The zero-order chi connectivity index (χ0) is 14.7. The Hall–Kier alpha value is -2.25. The topological polar surface area (TPSA) is 79.9 Å². The molecule has 0 amide bonds. The molecular weight excluding hydrogens is 288 g/mol. The van der Waals surface area contributed by atoms with Crippen LogP contribution >= 0.6 is 11.3 Å². The highest BCUT2D eigenvalue weighted by atomic mass is 32.1. The van der Waals surface area contributed by atoms with Crippen LogP contribution in [0.15, 0.2) is 34.6 Å². The predicted octanol–water partition coefficient (Wildman–Crippen LogP) is 1.68. The van der Waals surface area contributed by atoms with Gasteiger partial charge in [0.05, 0.1) is 19.2 Å². The summed E-state index contributed by atoms with van der Waals surface area (Å²) in [5.41, 5.74) is 1.69. The molecule has 7 heteroatoms. The third kappa shape index (κ3) is 3.09. The lowest BCUT2D eigenvalue weighted by molar-refractivity contribution is 0.397. The van der Waals surface area contributed by atoms with Gasteiger partial charge in [-0.1, -0.05) is 6.07 Å². The average Bonchev–Trinajstić information content (AvgIpc) is 2.97. The Bertz CT molecular complexity index is 795. The Balaban J connectivity index is 1.64. The maximum absolute atomic E-state index is 11.8. The highest BCUT2D eigenvalue weighted by Gasteiger charge is 2.04. The summed E-state index contributed by atoms with van der Waals surface area (Å²) < 4.78 is 5.67. The number of hydrogen-bond donors (Lipinski definition) is 2. The summed E-state index contributed by atoms with van der Waals surface area (Å²) in [5.74, 6) is 1.22. The Labute approximate surface area is 124 Å². The van der Waals surface area contributed by atoms with Crippen LogP contribution in [0.5, 0.6) is 5.88 Å². The minimum atomic E-state index is -0.0853. The molecule has 0 saturated carbocycles. The molecule has 0 atom stereocenters. The average molecular weight is 302 g/mol. The van der Waals surface area contributed by atoms with Gasteiger partial charge in [0.15, 0.2) is 0 Å². The first-order chi connectivity index (χ1) is 10.3. The van der Waals surface area contributed by atoms with Crippen LogP contribution in [0.25, 0.3) is 10.2 Å². The van der Waals surface area contributed by atoms with E-state index in [-0.39, 0.29) is 5.56 Å². The van der Waals surface area contributed by atoms with E-state index in [2.05, 4.69) is 20.3 Å². The Kier molecular flexibility index (Phi) is 3.94. The number of ether oxygens (including phenoxy) is 1. The molecule has 0 spiro atoms. The highest BCUT2D eigenvalue weighted by Crippen LogP contribution is 2.13. The fourth-order valence-electron chi connectivity index (χ4n) is 1.97. The van der Waals surface area contributed by atoms with Crippen molar-refractivity contribution in [3.63, 3.8) is 0 Å². The van der Waals surface area contributed by atoms with E-state index in [1.807, 2.05) is 23.6 Å². The standard InChI is InChI=1S/C14H14N4O2S/c1-20-12-3-2-9(7-16-12)6-15-8-11-17-10-4-5-21-13(10)14(19)18-11/h2-5,7,15H,6,8H2,1H3,(H,17,18,19). The van der Waals surface area contributed by atoms with E-state index < -0.39 is 0 Å². The van der Waals surface area contributed by atoms with Crippen LogP contribution in [0, 0.1) is 0 Å². The van der Waals surface area contributed by atoms with E-state index in [0.717, 1.165) is 11.1 Å². The molecule has 0 bridgehead atoms. The van der Waals surface area contributed by atoms with Gasteiger partial charge in [-0.05, 0) is 17.0 Å². The van der Waals surface area contributed by atoms with E-state index >= 15 is 0 Å². The van der Waals surface area contributed by atoms with E-state index in [1.165, 1.54) is 11.3 Å². The largest absolute Gasteiger partial charge is 0.481 e. The smallest absolute Gasteiger partial charge is 0.268 e. The van der Waals surface area contributed by atoms with Gasteiger partial charge in [0, 0.05) is 18.8 Å². The molecule has 0 fully saturated rings. The number of aromatic amines is 1. The number of methoxy groups -OCH3 is 1. The quantitative estimate of drug-likeness (QED) is 0.749. The van der Waals surface area contributed by atoms with Gasteiger partial charge in [0.1, 0.15) is 10.5 Å². The minimum absolute atomic E-state index is 0.0853. The number of hydrogen-bond acceptors (Lipinski definition) is 6. The molecule has 0 radical (unpaired) electrons. The molecule has 6 nitrogen and oxygen atoms in total. The first-order valence-electron chi connectivity index (χ1n) is 6.42. The molecule has 21 heavy (non-hydrogen) atoms. The molecule has 3 aromatic heterocycles. The van der Waals surface area contributed by atoms with Crippen LogP contribution in [-0.4, -0.2) is 22.1 Å². The summed E-state index contributed by atoms with van der Waals surface area (Å²) in [7, 11) is 1.59. The number of fused-ring (bicyclic) bond motifs is 1. The van der Waals surface area contributed by atoms with Gasteiger partial charge in [-0.15, -0.1) is 11.3 Å². The second-order valence-corrected chi connectivity index (χ2v) is 5.38. The third-order valence-corrected chi connectivity index (χ3v) is 3.89. The van der Waals surface area contributed by atoms with Crippen molar-refractivity contribution in [3.05, 3.63) is 51.5 Å². The van der Waals surface area contributed by atoms with Crippen molar-refractivity contribution < 1.29 is 4.74 Å². The molecular formula is C14H14N4O2S. The SMILES string of the molecule is COc1ccc(CNCc2nc3ccsc3c(=O)[nH]2)cn1.